The number of nitrogens with zero attached hydrogens (tertiary/aromatic N) is 3. The number of piperidine rings is 1. The van der Waals surface area contributed by atoms with E-state index in [0.29, 0.717) is 36.2 Å². The Hall–Kier alpha value is -2.17. The molecule has 1 aromatic heterocycles. The highest BCUT2D eigenvalue weighted by molar-refractivity contribution is 6.76. The smallest absolute Gasteiger partial charge is 0.410 e. The highest BCUT2D eigenvalue weighted by Gasteiger charge is 2.35. The van der Waals surface area contributed by atoms with E-state index in [-0.39, 0.29) is 19.0 Å². The van der Waals surface area contributed by atoms with Crippen LogP contribution in [-0.4, -0.2) is 64.7 Å². The molecule has 2 atom stereocenters. The molecule has 1 amide bonds. The Morgan fingerprint density at radius 1 is 1.24 bits per heavy atom. The number of aromatic nitrogens is 2. The summed E-state index contributed by atoms with van der Waals surface area (Å²) in [6.45, 7) is 13.1. The van der Waals surface area contributed by atoms with E-state index < -0.39 is 37.6 Å². The summed E-state index contributed by atoms with van der Waals surface area (Å²) < 4.78 is 29.3. The van der Waals surface area contributed by atoms with Crippen LogP contribution in [0.5, 0.6) is 0 Å². The number of rotatable bonds is 6. The molecule has 3 rings (SSSR count). The molecule has 34 heavy (non-hydrogen) atoms. The largest absolute Gasteiger partial charge is 0.444 e. The lowest BCUT2D eigenvalue weighted by Gasteiger charge is -2.37. The first-order valence-electron chi connectivity index (χ1n) is 11.8. The number of carbonyl (C=O) groups is 1. The summed E-state index contributed by atoms with van der Waals surface area (Å²) in [4.78, 5) is 26.6. The van der Waals surface area contributed by atoms with Gasteiger partial charge in [-0.1, -0.05) is 19.6 Å². The molecular weight excluding hydrogens is 457 g/mol. The normalized spacial score (nSPS) is 19.6. The van der Waals surface area contributed by atoms with Crippen LogP contribution in [0.25, 0.3) is 11.0 Å². The van der Waals surface area contributed by atoms with E-state index in [2.05, 4.69) is 19.6 Å². The van der Waals surface area contributed by atoms with Gasteiger partial charge in [-0.2, -0.15) is 0 Å². The number of aliphatic hydroxyl groups excluding tert-OH is 1. The van der Waals surface area contributed by atoms with E-state index in [9.17, 15) is 14.7 Å². The van der Waals surface area contributed by atoms with E-state index in [1.807, 2.05) is 0 Å². The van der Waals surface area contributed by atoms with Crippen LogP contribution in [0.15, 0.2) is 16.9 Å². The van der Waals surface area contributed by atoms with Crippen molar-refractivity contribution in [3.8, 4) is 0 Å². The van der Waals surface area contributed by atoms with E-state index in [1.165, 1.54) is 20.1 Å². The predicted molar refractivity (Wildman–Crippen MR) is 132 cm³/mol. The van der Waals surface area contributed by atoms with Crippen molar-refractivity contribution < 1.29 is 23.8 Å². The van der Waals surface area contributed by atoms with Gasteiger partial charge in [0, 0.05) is 40.3 Å². The lowest BCUT2D eigenvalue weighted by molar-refractivity contribution is -0.00179. The fraction of sp³-hybridized carbons (Fsp3) is 0.667. The molecule has 1 aromatic carbocycles. The lowest BCUT2D eigenvalue weighted by atomic mass is 9.86. The highest BCUT2D eigenvalue weighted by atomic mass is 28.3. The number of aliphatic hydroxyl groups is 1. The Balaban J connectivity index is 1.80. The summed E-state index contributed by atoms with van der Waals surface area (Å²) in [7, 11) is 0.388. The zero-order valence-electron chi connectivity index (χ0n) is 21.4. The number of hydrogen-bond acceptors (Lipinski definition) is 5. The van der Waals surface area contributed by atoms with Crippen LogP contribution in [0.3, 0.4) is 0 Å². The topological polar surface area (TPSA) is 85.9 Å². The fourth-order valence-electron chi connectivity index (χ4n) is 4.17. The average molecular weight is 496 g/mol. The maximum Gasteiger partial charge on any atom is 0.410 e. The molecule has 1 N–H and O–H groups in total. The third-order valence-corrected chi connectivity index (χ3v) is 7.82. The molecule has 190 valence electrons. The molecule has 10 heteroatoms. The van der Waals surface area contributed by atoms with Gasteiger partial charge in [0.2, 0.25) is 0 Å². The van der Waals surface area contributed by atoms with Crippen LogP contribution in [0.1, 0.15) is 38.7 Å². The zero-order valence-corrected chi connectivity index (χ0v) is 22.4. The van der Waals surface area contributed by atoms with Gasteiger partial charge >= 0.3 is 11.8 Å². The number of β-amino-alcohol motifs (C(OH)–C–C–N with tert-alkyl or cyclic N) is 1. The third-order valence-electron chi connectivity index (χ3n) is 6.11. The van der Waals surface area contributed by atoms with E-state index in [1.54, 1.807) is 33.9 Å². The van der Waals surface area contributed by atoms with Crippen LogP contribution in [-0.2, 0) is 23.3 Å². The molecule has 0 aliphatic carbocycles. The van der Waals surface area contributed by atoms with Gasteiger partial charge in [0.05, 0.1) is 23.7 Å². The minimum absolute atomic E-state index is 0.0575. The SMILES string of the molecule is Cn1c(=O)n(COCC[Si](C)(C)C)c2cc(F)c(C3CCN(C(=O)OC(C)(C)C)CC3O)cc21. The maximum absolute atomic E-state index is 15.2. The summed E-state index contributed by atoms with van der Waals surface area (Å²) in [5.74, 6) is -0.974. The van der Waals surface area contributed by atoms with Crippen LogP contribution < -0.4 is 5.69 Å². The van der Waals surface area contributed by atoms with Crippen LogP contribution in [0, 0.1) is 5.82 Å². The summed E-state index contributed by atoms with van der Waals surface area (Å²) in [5.41, 5.74) is 0.474. The molecule has 2 aromatic rings. The van der Waals surface area contributed by atoms with Crippen molar-refractivity contribution in [2.75, 3.05) is 19.7 Å². The Morgan fingerprint density at radius 2 is 1.91 bits per heavy atom. The molecule has 1 saturated heterocycles. The van der Waals surface area contributed by atoms with Crippen molar-refractivity contribution in [1.29, 1.82) is 0 Å². The number of ether oxygens (including phenoxy) is 2. The number of benzene rings is 1. The second-order valence-electron chi connectivity index (χ2n) is 11.4. The first kappa shape index (κ1) is 26.4. The van der Waals surface area contributed by atoms with Crippen molar-refractivity contribution in [3.63, 3.8) is 0 Å². The van der Waals surface area contributed by atoms with Crippen LogP contribution in [0.4, 0.5) is 9.18 Å². The molecular formula is C24H38FN3O5Si. The Labute approximate surface area is 201 Å². The first-order chi connectivity index (χ1) is 15.7. The van der Waals surface area contributed by atoms with Gasteiger partial charge in [-0.3, -0.25) is 9.13 Å². The zero-order chi connectivity index (χ0) is 25.4. The van der Waals surface area contributed by atoms with Crippen LogP contribution in [0.2, 0.25) is 25.7 Å². The summed E-state index contributed by atoms with van der Waals surface area (Å²) >= 11 is 0. The fourth-order valence-corrected chi connectivity index (χ4v) is 4.93. The third kappa shape index (κ3) is 6.08. The van der Waals surface area contributed by atoms with E-state index in [0.717, 1.165) is 6.04 Å². The minimum atomic E-state index is -1.26. The molecule has 2 heterocycles. The molecule has 0 radical (unpaired) electrons. The van der Waals surface area contributed by atoms with Gasteiger partial charge in [0.25, 0.3) is 0 Å². The van der Waals surface area contributed by atoms with Gasteiger partial charge in [0.1, 0.15) is 18.1 Å². The molecule has 0 saturated carbocycles. The lowest BCUT2D eigenvalue weighted by Crippen LogP contribution is -2.47. The van der Waals surface area contributed by atoms with E-state index >= 15 is 4.39 Å². The molecule has 0 bridgehead atoms. The summed E-state index contributed by atoms with van der Waals surface area (Å²) in [6, 6.07) is 3.97. The standard InChI is InChI=1S/C24H38FN3O5Si/c1-24(2,3)33-23(31)27-9-8-16(21(29)14-27)17-12-19-20(13-18(17)25)28(22(30)26(19)4)15-32-10-11-34(5,6)7/h12-13,16,21,29H,8-11,14-15H2,1-7H3. The van der Waals surface area contributed by atoms with Crippen molar-refractivity contribution in [3.05, 3.63) is 34.0 Å². The summed E-state index contributed by atoms with van der Waals surface area (Å²) in [6.07, 6.45) is -1.05. The van der Waals surface area contributed by atoms with Crippen molar-refractivity contribution >= 4 is 25.2 Å². The van der Waals surface area contributed by atoms with Gasteiger partial charge in [-0.25, -0.2) is 14.0 Å². The van der Waals surface area contributed by atoms with Gasteiger partial charge < -0.3 is 19.5 Å². The van der Waals surface area contributed by atoms with Crippen molar-refractivity contribution in [2.45, 2.75) is 77.2 Å². The number of imidazole rings is 1. The molecule has 1 aliphatic rings. The van der Waals surface area contributed by atoms with Crippen LogP contribution >= 0.6 is 0 Å². The second-order valence-corrected chi connectivity index (χ2v) is 17.0. The van der Waals surface area contributed by atoms with E-state index in [4.69, 9.17) is 9.47 Å². The molecule has 0 spiro atoms. The summed E-state index contributed by atoms with van der Waals surface area (Å²) in [5, 5.41) is 10.8. The molecule has 8 nitrogen and oxygen atoms in total. The van der Waals surface area contributed by atoms with Gasteiger partial charge in [0.15, 0.2) is 0 Å². The second kappa shape index (κ2) is 9.83. The Bertz CT molecular complexity index is 1100. The predicted octanol–water partition coefficient (Wildman–Crippen LogP) is 3.88. The number of amides is 1. The average Bonchev–Trinajstić information content (AvgIpc) is 2.92. The minimum Gasteiger partial charge on any atom is -0.444 e. The van der Waals surface area contributed by atoms with Crippen molar-refractivity contribution in [1.82, 2.24) is 14.0 Å². The molecule has 1 fully saturated rings. The number of carbonyl (C=O) groups excluding carboxylic acids is 1. The molecule has 1 aliphatic heterocycles. The number of aryl methyl sites for hydroxylation is 1. The number of likely N-dealkylation sites (tertiary alicyclic amines) is 1. The molecule has 2 unspecified atom stereocenters. The number of fused-ring (bicyclic) bond motifs is 1. The Kier molecular flexibility index (Phi) is 7.64. The van der Waals surface area contributed by atoms with Gasteiger partial charge in [-0.05, 0) is 44.9 Å². The quantitative estimate of drug-likeness (QED) is 0.486. The highest BCUT2D eigenvalue weighted by Crippen LogP contribution is 2.33. The monoisotopic (exact) mass is 495 g/mol. The maximum atomic E-state index is 15.2. The first-order valence-corrected chi connectivity index (χ1v) is 15.5. The number of halogens is 1. The van der Waals surface area contributed by atoms with Crippen molar-refractivity contribution in [2.24, 2.45) is 7.05 Å². The Morgan fingerprint density at radius 3 is 2.50 bits per heavy atom. The van der Waals surface area contributed by atoms with Gasteiger partial charge in [-0.15, -0.1) is 0 Å². The number of hydrogen-bond donors (Lipinski definition) is 1.